The molecule has 0 aromatic heterocycles. The van der Waals surface area contributed by atoms with Crippen LogP contribution in [0.15, 0.2) is 17.0 Å². The molecule has 1 aromatic carbocycles. The van der Waals surface area contributed by atoms with Crippen LogP contribution in [-0.4, -0.2) is 45.5 Å². The van der Waals surface area contributed by atoms with Gasteiger partial charge in [-0.2, -0.15) is 0 Å². The summed E-state index contributed by atoms with van der Waals surface area (Å²) in [5.74, 6) is -1.23. The number of primary sulfonamides is 1. The molecule has 20 heavy (non-hydrogen) atoms. The highest BCUT2D eigenvalue weighted by Crippen LogP contribution is 2.21. The van der Waals surface area contributed by atoms with Gasteiger partial charge in [0.2, 0.25) is 10.0 Å². The van der Waals surface area contributed by atoms with Crippen LogP contribution in [0.1, 0.15) is 15.9 Å². The van der Waals surface area contributed by atoms with Crippen molar-refractivity contribution in [3.05, 3.63) is 29.1 Å². The van der Waals surface area contributed by atoms with Crippen molar-refractivity contribution >= 4 is 15.9 Å². The lowest BCUT2D eigenvalue weighted by molar-refractivity contribution is 0.0302. The highest BCUT2D eigenvalue weighted by Gasteiger charge is 2.24. The fourth-order valence-corrected chi connectivity index (χ4v) is 2.92. The molecular formula is C12H15FN2O4S. The van der Waals surface area contributed by atoms with Gasteiger partial charge in [0.15, 0.2) is 0 Å². The number of hydrogen-bond acceptors (Lipinski definition) is 4. The second-order valence-electron chi connectivity index (χ2n) is 4.53. The van der Waals surface area contributed by atoms with Crippen molar-refractivity contribution in [2.24, 2.45) is 5.14 Å². The number of carbonyl (C=O) groups excluding carboxylic acids is 1. The van der Waals surface area contributed by atoms with E-state index >= 15 is 0 Å². The van der Waals surface area contributed by atoms with E-state index in [9.17, 15) is 17.6 Å². The van der Waals surface area contributed by atoms with E-state index in [1.54, 1.807) is 0 Å². The third-order valence-corrected chi connectivity index (χ3v) is 4.20. The van der Waals surface area contributed by atoms with Gasteiger partial charge in [0.1, 0.15) is 5.82 Å². The molecule has 0 spiro atoms. The van der Waals surface area contributed by atoms with E-state index in [1.165, 1.54) is 11.8 Å². The van der Waals surface area contributed by atoms with Crippen LogP contribution in [0, 0.1) is 12.7 Å². The van der Waals surface area contributed by atoms with E-state index in [0.717, 1.165) is 12.1 Å². The van der Waals surface area contributed by atoms with Gasteiger partial charge >= 0.3 is 0 Å². The second kappa shape index (κ2) is 5.47. The predicted molar refractivity (Wildman–Crippen MR) is 69.2 cm³/mol. The molecule has 0 radical (unpaired) electrons. The van der Waals surface area contributed by atoms with Crippen molar-refractivity contribution in [2.75, 3.05) is 26.3 Å². The summed E-state index contributed by atoms with van der Waals surface area (Å²) in [6, 6.07) is 1.85. The Bertz CT molecular complexity index is 639. The molecule has 0 saturated carbocycles. The van der Waals surface area contributed by atoms with Crippen LogP contribution in [0.25, 0.3) is 0 Å². The first-order valence-corrected chi connectivity index (χ1v) is 7.55. The molecule has 1 aliphatic rings. The number of morpholine rings is 1. The Morgan fingerprint density at radius 3 is 2.50 bits per heavy atom. The summed E-state index contributed by atoms with van der Waals surface area (Å²) < 4.78 is 41.5. The molecule has 0 unspecified atom stereocenters. The van der Waals surface area contributed by atoms with Crippen LogP contribution in [0.4, 0.5) is 4.39 Å². The Labute approximate surface area is 116 Å². The maximum absolute atomic E-state index is 13.6. The quantitative estimate of drug-likeness (QED) is 0.848. The average Bonchev–Trinajstić information content (AvgIpc) is 2.40. The van der Waals surface area contributed by atoms with E-state index in [-0.39, 0.29) is 16.0 Å². The SMILES string of the molecule is Cc1c(C(=O)N2CCOCC2)cc(F)cc1S(N)(=O)=O. The zero-order valence-corrected chi connectivity index (χ0v) is 11.7. The number of sulfonamides is 1. The third kappa shape index (κ3) is 2.97. The molecule has 1 fully saturated rings. The van der Waals surface area contributed by atoms with Crippen LogP contribution < -0.4 is 5.14 Å². The summed E-state index contributed by atoms with van der Waals surface area (Å²) in [5, 5.41) is 5.03. The molecule has 2 rings (SSSR count). The molecule has 0 aliphatic carbocycles. The minimum absolute atomic E-state index is 0.0101. The number of hydrogen-bond donors (Lipinski definition) is 1. The number of carbonyl (C=O) groups is 1. The van der Waals surface area contributed by atoms with Gasteiger partial charge in [0.05, 0.1) is 18.1 Å². The molecule has 1 saturated heterocycles. The standard InChI is InChI=1S/C12H15FN2O4S/c1-8-10(12(16)15-2-4-19-5-3-15)6-9(13)7-11(8)20(14,17)18/h6-7H,2-5H2,1H3,(H2,14,17,18). The minimum atomic E-state index is -4.08. The van der Waals surface area contributed by atoms with Gasteiger partial charge in [-0.25, -0.2) is 17.9 Å². The van der Waals surface area contributed by atoms with Gasteiger partial charge < -0.3 is 9.64 Å². The van der Waals surface area contributed by atoms with Crippen molar-refractivity contribution < 1.29 is 22.3 Å². The molecule has 2 N–H and O–H groups in total. The van der Waals surface area contributed by atoms with Crippen LogP contribution >= 0.6 is 0 Å². The van der Waals surface area contributed by atoms with Gasteiger partial charge in [0.25, 0.3) is 5.91 Å². The summed E-state index contributed by atoms with van der Waals surface area (Å²) in [5.41, 5.74) is 0.168. The summed E-state index contributed by atoms with van der Waals surface area (Å²) in [4.78, 5) is 13.5. The van der Waals surface area contributed by atoms with Gasteiger partial charge in [-0.05, 0) is 24.6 Å². The van der Waals surface area contributed by atoms with Crippen LogP contribution in [0.3, 0.4) is 0 Å². The largest absolute Gasteiger partial charge is 0.378 e. The second-order valence-corrected chi connectivity index (χ2v) is 6.06. The Balaban J connectivity index is 2.46. The third-order valence-electron chi connectivity index (χ3n) is 3.16. The topological polar surface area (TPSA) is 89.7 Å². The number of rotatable bonds is 2. The van der Waals surface area contributed by atoms with Crippen molar-refractivity contribution in [3.8, 4) is 0 Å². The molecule has 1 aliphatic heterocycles. The molecule has 1 amide bonds. The molecule has 110 valence electrons. The molecule has 0 atom stereocenters. The van der Waals surface area contributed by atoms with E-state index in [1.807, 2.05) is 0 Å². The number of amides is 1. The molecule has 6 nitrogen and oxygen atoms in total. The first-order valence-electron chi connectivity index (χ1n) is 6.00. The van der Waals surface area contributed by atoms with Gasteiger partial charge in [-0.15, -0.1) is 0 Å². The Morgan fingerprint density at radius 1 is 1.35 bits per heavy atom. The lowest BCUT2D eigenvalue weighted by Gasteiger charge is -2.27. The normalized spacial score (nSPS) is 16.2. The smallest absolute Gasteiger partial charge is 0.254 e. The number of nitrogens with zero attached hydrogens (tertiary/aromatic N) is 1. The van der Waals surface area contributed by atoms with E-state index < -0.39 is 21.7 Å². The minimum Gasteiger partial charge on any atom is -0.378 e. The summed E-state index contributed by atoms with van der Waals surface area (Å²) in [6.45, 7) is 3.02. The van der Waals surface area contributed by atoms with Crippen LogP contribution in [0.5, 0.6) is 0 Å². The molecule has 8 heteroatoms. The predicted octanol–water partition coefficient (Wildman–Crippen LogP) is 0.254. The Kier molecular flexibility index (Phi) is 4.07. The zero-order valence-electron chi connectivity index (χ0n) is 10.9. The van der Waals surface area contributed by atoms with Crippen molar-refractivity contribution in [2.45, 2.75) is 11.8 Å². The molecule has 1 aromatic rings. The van der Waals surface area contributed by atoms with Crippen molar-refractivity contribution in [1.29, 1.82) is 0 Å². The van der Waals surface area contributed by atoms with E-state index in [2.05, 4.69) is 0 Å². The van der Waals surface area contributed by atoms with Gasteiger partial charge in [0, 0.05) is 18.7 Å². The zero-order chi connectivity index (χ0) is 14.9. The van der Waals surface area contributed by atoms with Crippen LogP contribution in [0.2, 0.25) is 0 Å². The fraction of sp³-hybridized carbons (Fsp3) is 0.417. The number of nitrogens with two attached hydrogens (primary N) is 1. The summed E-state index contributed by atoms with van der Waals surface area (Å²) in [6.07, 6.45) is 0. The lowest BCUT2D eigenvalue weighted by Crippen LogP contribution is -2.41. The first kappa shape index (κ1) is 14.9. The number of benzene rings is 1. The highest BCUT2D eigenvalue weighted by atomic mass is 32.2. The maximum atomic E-state index is 13.6. The van der Waals surface area contributed by atoms with Crippen molar-refractivity contribution in [3.63, 3.8) is 0 Å². The number of halogens is 1. The maximum Gasteiger partial charge on any atom is 0.254 e. The van der Waals surface area contributed by atoms with Gasteiger partial charge in [-0.3, -0.25) is 4.79 Å². The number of ether oxygens (including phenoxy) is 1. The summed E-state index contributed by atoms with van der Waals surface area (Å²) >= 11 is 0. The Hall–Kier alpha value is -1.51. The summed E-state index contributed by atoms with van der Waals surface area (Å²) in [7, 11) is -4.08. The Morgan fingerprint density at radius 2 is 1.95 bits per heavy atom. The van der Waals surface area contributed by atoms with E-state index in [4.69, 9.17) is 9.88 Å². The van der Waals surface area contributed by atoms with Gasteiger partial charge in [-0.1, -0.05) is 0 Å². The average molecular weight is 302 g/mol. The molecular weight excluding hydrogens is 287 g/mol. The van der Waals surface area contributed by atoms with Crippen LogP contribution in [-0.2, 0) is 14.8 Å². The molecule has 0 bridgehead atoms. The monoisotopic (exact) mass is 302 g/mol. The first-order chi connectivity index (χ1) is 9.30. The molecule has 1 heterocycles. The van der Waals surface area contributed by atoms with E-state index in [0.29, 0.717) is 26.3 Å². The van der Waals surface area contributed by atoms with Crippen molar-refractivity contribution in [1.82, 2.24) is 4.90 Å². The lowest BCUT2D eigenvalue weighted by atomic mass is 10.1. The fourth-order valence-electron chi connectivity index (χ4n) is 2.11. The highest BCUT2D eigenvalue weighted by molar-refractivity contribution is 7.89.